The predicted molar refractivity (Wildman–Crippen MR) is 68.8 cm³/mol. The first-order chi connectivity index (χ1) is 8.40. The third-order valence-electron chi connectivity index (χ3n) is 2.44. The van der Waals surface area contributed by atoms with Gasteiger partial charge in [-0.1, -0.05) is 11.6 Å². The molecule has 1 aromatic heterocycles. The predicted octanol–water partition coefficient (Wildman–Crippen LogP) is 1.22. The van der Waals surface area contributed by atoms with E-state index in [1.165, 1.54) is 10.7 Å². The number of halogens is 1. The van der Waals surface area contributed by atoms with Crippen LogP contribution in [0.25, 0.3) is 5.69 Å². The van der Waals surface area contributed by atoms with E-state index < -0.39 is 5.91 Å². The molecule has 0 saturated heterocycles. The van der Waals surface area contributed by atoms with Crippen molar-refractivity contribution in [2.45, 2.75) is 13.8 Å². The summed E-state index contributed by atoms with van der Waals surface area (Å²) in [7, 11) is 0. The molecule has 7 heteroatoms. The zero-order chi connectivity index (χ0) is 13.4. The number of amides is 1. The first kappa shape index (κ1) is 12.4. The molecular weight excluding hydrogens is 254 g/mol. The molecule has 0 radical (unpaired) electrons. The van der Waals surface area contributed by atoms with Crippen molar-refractivity contribution >= 4 is 23.2 Å². The summed E-state index contributed by atoms with van der Waals surface area (Å²) in [6, 6.07) is 3.01. The average molecular weight is 266 g/mol. The highest BCUT2D eigenvalue weighted by molar-refractivity contribution is 6.33. The summed E-state index contributed by atoms with van der Waals surface area (Å²) in [4.78, 5) is 15.6. The van der Waals surface area contributed by atoms with Crippen LogP contribution in [-0.2, 0) is 0 Å². The van der Waals surface area contributed by atoms with Gasteiger partial charge in [0.2, 0.25) is 0 Å². The molecule has 2 rings (SSSR count). The fourth-order valence-corrected chi connectivity index (χ4v) is 2.06. The first-order valence-electron chi connectivity index (χ1n) is 5.19. The van der Waals surface area contributed by atoms with Crippen LogP contribution in [-0.4, -0.2) is 20.7 Å². The minimum atomic E-state index is -0.619. The minimum Gasteiger partial charge on any atom is -0.399 e. The Kier molecular flexibility index (Phi) is 2.96. The van der Waals surface area contributed by atoms with Crippen LogP contribution in [0, 0.1) is 13.8 Å². The molecule has 0 aliphatic carbocycles. The molecule has 0 aliphatic heterocycles. The molecule has 1 aromatic carbocycles. The molecule has 94 valence electrons. The number of carbonyl (C=O) groups is 1. The number of hydrogen-bond donors (Lipinski definition) is 2. The largest absolute Gasteiger partial charge is 0.399 e. The van der Waals surface area contributed by atoms with Gasteiger partial charge in [-0.25, -0.2) is 9.67 Å². The lowest BCUT2D eigenvalue weighted by Gasteiger charge is -2.11. The third kappa shape index (κ3) is 2.02. The van der Waals surface area contributed by atoms with Crippen LogP contribution < -0.4 is 11.5 Å². The summed E-state index contributed by atoms with van der Waals surface area (Å²) < 4.78 is 1.48. The number of benzene rings is 1. The second-order valence-electron chi connectivity index (χ2n) is 3.88. The van der Waals surface area contributed by atoms with Gasteiger partial charge in [0, 0.05) is 5.69 Å². The number of anilines is 1. The summed E-state index contributed by atoms with van der Waals surface area (Å²) in [5, 5.41) is 4.49. The molecule has 0 saturated carbocycles. The van der Waals surface area contributed by atoms with Gasteiger partial charge < -0.3 is 11.5 Å². The van der Waals surface area contributed by atoms with Crippen molar-refractivity contribution in [1.29, 1.82) is 0 Å². The van der Waals surface area contributed by atoms with E-state index in [1.807, 2.05) is 0 Å². The molecule has 1 amide bonds. The molecule has 0 fully saturated rings. The van der Waals surface area contributed by atoms with Gasteiger partial charge in [0.05, 0.1) is 16.3 Å². The maximum absolute atomic E-state index is 11.5. The lowest BCUT2D eigenvalue weighted by Crippen LogP contribution is -2.16. The highest BCUT2D eigenvalue weighted by Gasteiger charge is 2.18. The minimum absolute atomic E-state index is 0.216. The van der Waals surface area contributed by atoms with Gasteiger partial charge in [-0.05, 0) is 26.0 Å². The van der Waals surface area contributed by atoms with Crippen LogP contribution in [0.2, 0.25) is 5.02 Å². The quantitative estimate of drug-likeness (QED) is 0.797. The van der Waals surface area contributed by atoms with Crippen molar-refractivity contribution in [3.8, 4) is 5.69 Å². The average Bonchev–Trinajstić information content (AvgIpc) is 2.56. The summed E-state index contributed by atoms with van der Waals surface area (Å²) in [5.74, 6) is 0.573. The Bertz CT molecular complexity index is 635. The third-order valence-corrected chi connectivity index (χ3v) is 2.73. The van der Waals surface area contributed by atoms with Gasteiger partial charge in [-0.3, -0.25) is 4.79 Å². The smallest absolute Gasteiger partial charge is 0.251 e. The van der Waals surface area contributed by atoms with E-state index in [1.54, 1.807) is 19.9 Å². The van der Waals surface area contributed by atoms with Crippen molar-refractivity contribution in [3.63, 3.8) is 0 Å². The maximum Gasteiger partial charge on any atom is 0.251 e. The molecule has 1 heterocycles. The Labute approximate surface area is 109 Å². The second-order valence-corrected chi connectivity index (χ2v) is 4.29. The number of nitrogens with zero attached hydrogens (tertiary/aromatic N) is 3. The number of rotatable bonds is 2. The lowest BCUT2D eigenvalue weighted by molar-refractivity contribution is 0.1000. The number of carbonyl (C=O) groups excluding carboxylic acids is 1. The Morgan fingerprint density at radius 1 is 1.39 bits per heavy atom. The summed E-state index contributed by atoms with van der Waals surface area (Å²) >= 11 is 6.12. The fraction of sp³-hybridized carbons (Fsp3) is 0.182. The number of hydrogen-bond acceptors (Lipinski definition) is 4. The monoisotopic (exact) mass is 265 g/mol. The Hall–Kier alpha value is -2.08. The normalized spacial score (nSPS) is 10.6. The SMILES string of the molecule is Cc1nc(C)n(-c2c(Cl)cc(N)cc2C(N)=O)n1. The van der Waals surface area contributed by atoms with Crippen LogP contribution in [0.4, 0.5) is 5.69 Å². The molecule has 18 heavy (non-hydrogen) atoms. The van der Waals surface area contributed by atoms with E-state index >= 15 is 0 Å². The van der Waals surface area contributed by atoms with Crippen molar-refractivity contribution in [2.24, 2.45) is 5.73 Å². The molecule has 0 bridgehead atoms. The van der Waals surface area contributed by atoms with Crippen molar-refractivity contribution in [1.82, 2.24) is 14.8 Å². The summed E-state index contributed by atoms with van der Waals surface area (Å²) in [6.45, 7) is 3.51. The number of nitrogen functional groups attached to an aromatic ring is 1. The number of primary amides is 1. The van der Waals surface area contributed by atoms with E-state index in [4.69, 9.17) is 23.1 Å². The molecule has 4 N–H and O–H groups in total. The zero-order valence-electron chi connectivity index (χ0n) is 9.94. The van der Waals surface area contributed by atoms with E-state index in [-0.39, 0.29) is 5.56 Å². The van der Waals surface area contributed by atoms with Gasteiger partial charge in [0.15, 0.2) is 0 Å². The molecule has 6 nitrogen and oxygen atoms in total. The zero-order valence-corrected chi connectivity index (χ0v) is 10.7. The Balaban J connectivity index is 2.77. The van der Waals surface area contributed by atoms with Crippen LogP contribution >= 0.6 is 11.6 Å². The lowest BCUT2D eigenvalue weighted by atomic mass is 10.1. The number of aromatic nitrogens is 3. The van der Waals surface area contributed by atoms with Crippen LogP contribution in [0.15, 0.2) is 12.1 Å². The Morgan fingerprint density at radius 2 is 2.06 bits per heavy atom. The maximum atomic E-state index is 11.5. The highest BCUT2D eigenvalue weighted by Crippen LogP contribution is 2.27. The van der Waals surface area contributed by atoms with Crippen molar-refractivity contribution in [3.05, 3.63) is 34.4 Å². The van der Waals surface area contributed by atoms with Gasteiger partial charge in [-0.15, -0.1) is 0 Å². The van der Waals surface area contributed by atoms with Gasteiger partial charge in [0.1, 0.15) is 11.6 Å². The van der Waals surface area contributed by atoms with Gasteiger partial charge >= 0.3 is 0 Å². The molecule has 0 spiro atoms. The van der Waals surface area contributed by atoms with Crippen molar-refractivity contribution < 1.29 is 4.79 Å². The molecular formula is C11H12ClN5O. The fourth-order valence-electron chi connectivity index (χ4n) is 1.76. The van der Waals surface area contributed by atoms with Crippen LogP contribution in [0.1, 0.15) is 22.0 Å². The highest BCUT2D eigenvalue weighted by atomic mass is 35.5. The van der Waals surface area contributed by atoms with Gasteiger partial charge in [0.25, 0.3) is 5.91 Å². The molecule has 2 aromatic rings. The number of nitrogens with two attached hydrogens (primary N) is 2. The molecule has 0 atom stereocenters. The van der Waals surface area contributed by atoms with E-state index in [0.29, 0.717) is 28.0 Å². The van der Waals surface area contributed by atoms with Crippen molar-refractivity contribution in [2.75, 3.05) is 5.73 Å². The van der Waals surface area contributed by atoms with E-state index in [9.17, 15) is 4.79 Å². The van der Waals surface area contributed by atoms with Crippen LogP contribution in [0.3, 0.4) is 0 Å². The molecule has 0 aliphatic rings. The van der Waals surface area contributed by atoms with Gasteiger partial charge in [-0.2, -0.15) is 5.10 Å². The standard InChI is InChI=1S/C11H12ClN5O/c1-5-15-6(2)17(16-5)10-8(11(14)18)3-7(13)4-9(10)12/h3-4H,13H2,1-2H3,(H2,14,18). The Morgan fingerprint density at radius 3 is 2.56 bits per heavy atom. The summed E-state index contributed by atoms with van der Waals surface area (Å²) in [6.07, 6.45) is 0. The topological polar surface area (TPSA) is 99.8 Å². The first-order valence-corrected chi connectivity index (χ1v) is 5.57. The van der Waals surface area contributed by atoms with E-state index in [2.05, 4.69) is 10.1 Å². The second kappa shape index (κ2) is 4.30. The van der Waals surface area contributed by atoms with Crippen LogP contribution in [0.5, 0.6) is 0 Å². The number of aryl methyl sites for hydroxylation is 2. The molecule has 0 unspecified atom stereocenters. The van der Waals surface area contributed by atoms with E-state index in [0.717, 1.165) is 0 Å². The summed E-state index contributed by atoms with van der Waals surface area (Å²) in [5.41, 5.74) is 12.0.